The van der Waals surface area contributed by atoms with Gasteiger partial charge in [-0.3, -0.25) is 10.3 Å². The second-order valence-electron chi connectivity index (χ2n) is 4.24. The maximum absolute atomic E-state index is 7.38. The molecule has 0 spiro atoms. The van der Waals surface area contributed by atoms with Crippen molar-refractivity contribution in [2.75, 3.05) is 6.54 Å². The molecule has 1 rings (SSSR count). The van der Waals surface area contributed by atoms with Crippen LogP contribution in [0.3, 0.4) is 0 Å². The van der Waals surface area contributed by atoms with Gasteiger partial charge in [0.2, 0.25) is 0 Å². The number of amidine groups is 1. The van der Waals surface area contributed by atoms with Crippen LogP contribution in [0, 0.1) is 5.41 Å². The SMILES string of the molecule is CC(C(=N)N)N1CCCC1(C)C. The minimum absolute atomic E-state index is 0.0995. The number of nitrogens with two attached hydrogens (primary N) is 1. The Morgan fingerprint density at radius 2 is 2.17 bits per heavy atom. The van der Waals surface area contributed by atoms with Gasteiger partial charge in [-0.2, -0.15) is 0 Å². The van der Waals surface area contributed by atoms with Crippen LogP contribution in [0.2, 0.25) is 0 Å². The number of hydrogen-bond acceptors (Lipinski definition) is 2. The summed E-state index contributed by atoms with van der Waals surface area (Å²) in [6.07, 6.45) is 2.44. The second-order valence-corrected chi connectivity index (χ2v) is 4.24. The van der Waals surface area contributed by atoms with Gasteiger partial charge in [-0.15, -0.1) is 0 Å². The molecule has 3 heteroatoms. The molecule has 0 aromatic carbocycles. The fourth-order valence-electron chi connectivity index (χ4n) is 2.01. The monoisotopic (exact) mass is 169 g/mol. The molecule has 1 aliphatic heterocycles. The van der Waals surface area contributed by atoms with E-state index in [0.717, 1.165) is 6.54 Å². The summed E-state index contributed by atoms with van der Waals surface area (Å²) >= 11 is 0. The molecule has 0 aromatic rings. The second kappa shape index (κ2) is 3.05. The third-order valence-corrected chi connectivity index (χ3v) is 2.88. The van der Waals surface area contributed by atoms with E-state index in [-0.39, 0.29) is 17.4 Å². The molecule has 0 bridgehead atoms. The van der Waals surface area contributed by atoms with Crippen LogP contribution in [0.4, 0.5) is 0 Å². The molecule has 0 radical (unpaired) electrons. The van der Waals surface area contributed by atoms with Gasteiger partial charge in [0.1, 0.15) is 5.84 Å². The lowest BCUT2D eigenvalue weighted by Crippen LogP contribution is -2.49. The molecule has 3 N–H and O–H groups in total. The maximum Gasteiger partial charge on any atom is 0.108 e. The number of rotatable bonds is 2. The van der Waals surface area contributed by atoms with Gasteiger partial charge in [-0.1, -0.05) is 0 Å². The molecule has 0 aromatic heterocycles. The molecular formula is C9H19N3. The van der Waals surface area contributed by atoms with Crippen LogP contribution in [0.15, 0.2) is 0 Å². The summed E-state index contributed by atoms with van der Waals surface area (Å²) in [5, 5.41) is 7.38. The van der Waals surface area contributed by atoms with Crippen LogP contribution in [0.5, 0.6) is 0 Å². The fraction of sp³-hybridized carbons (Fsp3) is 0.889. The summed E-state index contributed by atoms with van der Waals surface area (Å²) in [4.78, 5) is 2.31. The fourth-order valence-corrected chi connectivity index (χ4v) is 2.01. The van der Waals surface area contributed by atoms with Crippen LogP contribution >= 0.6 is 0 Å². The molecule has 12 heavy (non-hydrogen) atoms. The first-order chi connectivity index (χ1) is 5.45. The minimum Gasteiger partial charge on any atom is -0.386 e. The molecule has 1 unspecified atom stereocenters. The van der Waals surface area contributed by atoms with Gasteiger partial charge in [-0.05, 0) is 40.2 Å². The van der Waals surface area contributed by atoms with E-state index in [1.165, 1.54) is 12.8 Å². The van der Waals surface area contributed by atoms with E-state index < -0.39 is 0 Å². The van der Waals surface area contributed by atoms with E-state index in [1.807, 2.05) is 6.92 Å². The lowest BCUT2D eigenvalue weighted by molar-refractivity contribution is 0.157. The Labute approximate surface area is 74.4 Å². The number of likely N-dealkylation sites (tertiary alicyclic amines) is 1. The van der Waals surface area contributed by atoms with E-state index in [9.17, 15) is 0 Å². The first-order valence-corrected chi connectivity index (χ1v) is 4.56. The number of nitrogens with zero attached hydrogens (tertiary/aromatic N) is 1. The largest absolute Gasteiger partial charge is 0.386 e. The highest BCUT2D eigenvalue weighted by molar-refractivity contribution is 5.82. The summed E-state index contributed by atoms with van der Waals surface area (Å²) in [6, 6.07) is 0.0995. The zero-order valence-corrected chi connectivity index (χ0v) is 8.22. The molecule has 0 saturated carbocycles. The van der Waals surface area contributed by atoms with Crippen molar-refractivity contribution in [3.8, 4) is 0 Å². The first-order valence-electron chi connectivity index (χ1n) is 4.56. The van der Waals surface area contributed by atoms with Gasteiger partial charge in [0.05, 0.1) is 6.04 Å². The van der Waals surface area contributed by atoms with Crippen molar-refractivity contribution in [3.05, 3.63) is 0 Å². The van der Waals surface area contributed by atoms with Crippen molar-refractivity contribution in [1.82, 2.24) is 4.90 Å². The normalized spacial score (nSPS) is 25.6. The molecule has 1 aliphatic rings. The summed E-state index contributed by atoms with van der Waals surface area (Å²) in [7, 11) is 0. The predicted molar refractivity (Wildman–Crippen MR) is 51.4 cm³/mol. The Morgan fingerprint density at radius 3 is 2.50 bits per heavy atom. The molecule has 1 atom stereocenters. The summed E-state index contributed by atoms with van der Waals surface area (Å²) in [5.41, 5.74) is 5.71. The Balaban J connectivity index is 2.68. The molecule has 1 fully saturated rings. The number of nitrogens with one attached hydrogen (secondary N) is 1. The predicted octanol–water partition coefficient (Wildman–Crippen LogP) is 1.19. The molecule has 1 saturated heterocycles. The van der Waals surface area contributed by atoms with Gasteiger partial charge in [0, 0.05) is 5.54 Å². The molecular weight excluding hydrogens is 150 g/mol. The Hall–Kier alpha value is -0.570. The third-order valence-electron chi connectivity index (χ3n) is 2.88. The van der Waals surface area contributed by atoms with E-state index in [1.54, 1.807) is 0 Å². The summed E-state index contributed by atoms with van der Waals surface area (Å²) in [6.45, 7) is 7.53. The van der Waals surface area contributed by atoms with Crippen molar-refractivity contribution in [1.29, 1.82) is 5.41 Å². The zero-order valence-electron chi connectivity index (χ0n) is 8.22. The van der Waals surface area contributed by atoms with Crippen LogP contribution in [0.25, 0.3) is 0 Å². The Morgan fingerprint density at radius 1 is 1.58 bits per heavy atom. The highest BCUT2D eigenvalue weighted by Crippen LogP contribution is 2.29. The molecule has 70 valence electrons. The van der Waals surface area contributed by atoms with Crippen molar-refractivity contribution < 1.29 is 0 Å². The average molecular weight is 169 g/mol. The van der Waals surface area contributed by atoms with Gasteiger partial charge in [0.15, 0.2) is 0 Å². The summed E-state index contributed by atoms with van der Waals surface area (Å²) in [5.74, 6) is 0.282. The third kappa shape index (κ3) is 1.61. The minimum atomic E-state index is 0.0995. The number of hydrogen-bond donors (Lipinski definition) is 2. The Bertz CT molecular complexity index is 186. The highest BCUT2D eigenvalue weighted by Gasteiger charge is 2.35. The van der Waals surface area contributed by atoms with Gasteiger partial charge >= 0.3 is 0 Å². The highest BCUT2D eigenvalue weighted by atomic mass is 15.2. The van der Waals surface area contributed by atoms with Crippen molar-refractivity contribution >= 4 is 5.84 Å². The van der Waals surface area contributed by atoms with Gasteiger partial charge < -0.3 is 5.73 Å². The van der Waals surface area contributed by atoms with Crippen LogP contribution < -0.4 is 5.73 Å². The summed E-state index contributed by atoms with van der Waals surface area (Å²) < 4.78 is 0. The van der Waals surface area contributed by atoms with Crippen LogP contribution in [-0.4, -0.2) is 28.9 Å². The first kappa shape index (κ1) is 9.52. The van der Waals surface area contributed by atoms with Crippen molar-refractivity contribution in [3.63, 3.8) is 0 Å². The topological polar surface area (TPSA) is 53.1 Å². The quantitative estimate of drug-likeness (QED) is 0.482. The van der Waals surface area contributed by atoms with Crippen LogP contribution in [0.1, 0.15) is 33.6 Å². The van der Waals surface area contributed by atoms with Gasteiger partial charge in [0.25, 0.3) is 0 Å². The molecule has 3 nitrogen and oxygen atoms in total. The zero-order chi connectivity index (χ0) is 9.35. The maximum atomic E-state index is 7.38. The standard InChI is InChI=1S/C9H19N3/c1-7(8(10)11)12-6-4-5-9(12,2)3/h7H,4-6H2,1-3H3,(H3,10,11). The molecule has 0 aliphatic carbocycles. The van der Waals surface area contributed by atoms with Crippen molar-refractivity contribution in [2.45, 2.75) is 45.2 Å². The van der Waals surface area contributed by atoms with E-state index in [4.69, 9.17) is 11.1 Å². The molecule has 0 amide bonds. The molecule has 1 heterocycles. The van der Waals surface area contributed by atoms with Crippen LogP contribution in [-0.2, 0) is 0 Å². The van der Waals surface area contributed by atoms with E-state index >= 15 is 0 Å². The average Bonchev–Trinajstić information content (AvgIpc) is 2.27. The van der Waals surface area contributed by atoms with Crippen molar-refractivity contribution in [2.24, 2.45) is 5.73 Å². The van der Waals surface area contributed by atoms with E-state index in [0.29, 0.717) is 0 Å². The van der Waals surface area contributed by atoms with Gasteiger partial charge in [-0.25, -0.2) is 0 Å². The Kier molecular flexibility index (Phi) is 2.42. The van der Waals surface area contributed by atoms with E-state index in [2.05, 4.69) is 18.7 Å². The lowest BCUT2D eigenvalue weighted by Gasteiger charge is -2.35. The lowest BCUT2D eigenvalue weighted by atomic mass is 10.0. The smallest absolute Gasteiger partial charge is 0.108 e.